The summed E-state index contributed by atoms with van der Waals surface area (Å²) < 4.78 is 1.83. The monoisotopic (exact) mass is 452 g/mol. The van der Waals surface area contributed by atoms with Crippen molar-refractivity contribution in [3.8, 4) is 5.69 Å². The quantitative estimate of drug-likeness (QED) is 0.302. The van der Waals surface area contributed by atoms with Gasteiger partial charge in [-0.1, -0.05) is 41.9 Å². The van der Waals surface area contributed by atoms with E-state index in [1.54, 1.807) is 6.07 Å². The number of carbonyl (C=O) groups is 1. The highest BCUT2D eigenvalue weighted by Crippen LogP contribution is 2.28. The Hall–Kier alpha value is -4.09. The SMILES string of the molecule is Cc1cccc(NC(=O)c2cccc(-n3ncc4cc(Nc5ccccc5Cl)ccc43)c2)c1. The van der Waals surface area contributed by atoms with Crippen LogP contribution in [0.3, 0.4) is 0 Å². The molecule has 0 saturated carbocycles. The molecule has 0 aliphatic carbocycles. The summed E-state index contributed by atoms with van der Waals surface area (Å²) in [6.07, 6.45) is 1.81. The van der Waals surface area contributed by atoms with Gasteiger partial charge in [0.25, 0.3) is 5.91 Å². The van der Waals surface area contributed by atoms with Crippen LogP contribution in [0.25, 0.3) is 16.6 Å². The van der Waals surface area contributed by atoms with Crippen LogP contribution in [0.1, 0.15) is 15.9 Å². The van der Waals surface area contributed by atoms with E-state index in [4.69, 9.17) is 11.6 Å². The van der Waals surface area contributed by atoms with Gasteiger partial charge >= 0.3 is 0 Å². The normalized spacial score (nSPS) is 10.8. The van der Waals surface area contributed by atoms with Crippen LogP contribution >= 0.6 is 11.6 Å². The zero-order valence-electron chi connectivity index (χ0n) is 17.9. The first kappa shape index (κ1) is 20.8. The highest BCUT2D eigenvalue weighted by atomic mass is 35.5. The topological polar surface area (TPSA) is 59.0 Å². The van der Waals surface area contributed by atoms with Gasteiger partial charge in [0.15, 0.2) is 0 Å². The molecule has 1 aromatic heterocycles. The Balaban J connectivity index is 1.41. The van der Waals surface area contributed by atoms with Crippen molar-refractivity contribution in [2.45, 2.75) is 6.92 Å². The van der Waals surface area contributed by atoms with E-state index in [9.17, 15) is 4.79 Å². The molecule has 0 atom stereocenters. The molecule has 0 spiro atoms. The van der Waals surface area contributed by atoms with E-state index in [0.29, 0.717) is 10.6 Å². The molecule has 4 aromatic carbocycles. The van der Waals surface area contributed by atoms with Gasteiger partial charge in [0.1, 0.15) is 0 Å². The van der Waals surface area contributed by atoms with E-state index >= 15 is 0 Å². The molecular weight excluding hydrogens is 432 g/mol. The number of nitrogens with zero attached hydrogens (tertiary/aromatic N) is 2. The highest BCUT2D eigenvalue weighted by Gasteiger charge is 2.11. The lowest BCUT2D eigenvalue weighted by Crippen LogP contribution is -2.12. The fraction of sp³-hybridized carbons (Fsp3) is 0.0370. The van der Waals surface area contributed by atoms with Gasteiger partial charge in [-0.3, -0.25) is 4.79 Å². The second-order valence-corrected chi connectivity index (χ2v) is 8.22. The Bertz CT molecular complexity index is 1470. The summed E-state index contributed by atoms with van der Waals surface area (Å²) >= 11 is 6.26. The van der Waals surface area contributed by atoms with Crippen LogP contribution in [-0.2, 0) is 0 Å². The summed E-state index contributed by atoms with van der Waals surface area (Å²) in [6, 6.07) is 28.8. The molecule has 5 nitrogen and oxygen atoms in total. The Morgan fingerprint density at radius 1 is 0.879 bits per heavy atom. The Morgan fingerprint density at radius 2 is 1.73 bits per heavy atom. The predicted molar refractivity (Wildman–Crippen MR) is 135 cm³/mol. The van der Waals surface area contributed by atoms with Gasteiger partial charge in [0, 0.05) is 22.3 Å². The number of aryl methyl sites for hydroxylation is 1. The summed E-state index contributed by atoms with van der Waals surface area (Å²) in [5, 5.41) is 12.5. The molecule has 5 rings (SSSR count). The van der Waals surface area contributed by atoms with Crippen molar-refractivity contribution in [3.05, 3.63) is 113 Å². The van der Waals surface area contributed by atoms with Gasteiger partial charge in [-0.05, 0) is 73.2 Å². The number of aromatic nitrogens is 2. The lowest BCUT2D eigenvalue weighted by molar-refractivity contribution is 0.102. The standard InChI is InChI=1S/C27H21ClN4O/c1-18-6-4-8-21(14-18)31-27(33)19-7-5-9-23(16-19)32-26-13-12-22(15-20(26)17-29-32)30-25-11-3-2-10-24(25)28/h2-17,30H,1H3,(H,31,33). The van der Waals surface area contributed by atoms with Crippen LogP contribution < -0.4 is 10.6 Å². The van der Waals surface area contributed by atoms with E-state index in [-0.39, 0.29) is 5.91 Å². The lowest BCUT2D eigenvalue weighted by atomic mass is 10.1. The van der Waals surface area contributed by atoms with Crippen molar-refractivity contribution >= 4 is 45.5 Å². The average molecular weight is 453 g/mol. The van der Waals surface area contributed by atoms with E-state index in [0.717, 1.165) is 39.2 Å². The minimum absolute atomic E-state index is 0.162. The molecule has 0 aliphatic rings. The van der Waals surface area contributed by atoms with Crippen molar-refractivity contribution < 1.29 is 4.79 Å². The summed E-state index contributed by atoms with van der Waals surface area (Å²) in [5.41, 5.74) is 5.94. The van der Waals surface area contributed by atoms with Crippen LogP contribution in [-0.4, -0.2) is 15.7 Å². The van der Waals surface area contributed by atoms with Gasteiger partial charge in [-0.15, -0.1) is 0 Å². The number of carbonyl (C=O) groups excluding carboxylic acids is 1. The number of hydrogen-bond donors (Lipinski definition) is 2. The first-order valence-corrected chi connectivity index (χ1v) is 10.9. The second kappa shape index (κ2) is 8.81. The van der Waals surface area contributed by atoms with Crippen LogP contribution in [0.15, 0.2) is 97.2 Å². The third-order valence-corrected chi connectivity index (χ3v) is 5.68. The number of hydrogen-bond acceptors (Lipinski definition) is 3. The number of amides is 1. The van der Waals surface area contributed by atoms with Crippen LogP contribution in [0, 0.1) is 6.92 Å². The average Bonchev–Trinajstić information content (AvgIpc) is 3.24. The number of benzene rings is 4. The maximum Gasteiger partial charge on any atom is 0.255 e. The number of nitrogens with one attached hydrogen (secondary N) is 2. The Morgan fingerprint density at radius 3 is 2.58 bits per heavy atom. The van der Waals surface area contributed by atoms with Crippen molar-refractivity contribution in [1.29, 1.82) is 0 Å². The van der Waals surface area contributed by atoms with Gasteiger partial charge in [0.05, 0.1) is 28.1 Å². The van der Waals surface area contributed by atoms with Crippen LogP contribution in [0.4, 0.5) is 17.1 Å². The van der Waals surface area contributed by atoms with Gasteiger partial charge in [0.2, 0.25) is 0 Å². The lowest BCUT2D eigenvalue weighted by Gasteiger charge is -2.10. The van der Waals surface area contributed by atoms with Crippen molar-refractivity contribution in [2.75, 3.05) is 10.6 Å². The van der Waals surface area contributed by atoms with E-state index in [1.165, 1.54) is 0 Å². The van der Waals surface area contributed by atoms with Crippen molar-refractivity contribution in [2.24, 2.45) is 0 Å². The smallest absolute Gasteiger partial charge is 0.255 e. The molecule has 0 fully saturated rings. The second-order valence-electron chi connectivity index (χ2n) is 7.81. The zero-order valence-corrected chi connectivity index (χ0v) is 18.7. The molecule has 0 saturated heterocycles. The number of halogens is 1. The molecule has 0 radical (unpaired) electrons. The summed E-state index contributed by atoms with van der Waals surface area (Å²) in [5.74, 6) is -0.162. The van der Waals surface area contributed by atoms with E-state index in [1.807, 2.05) is 103 Å². The Labute approximate surface area is 196 Å². The zero-order chi connectivity index (χ0) is 22.8. The summed E-state index contributed by atoms with van der Waals surface area (Å²) in [6.45, 7) is 1.99. The minimum Gasteiger partial charge on any atom is -0.354 e. The summed E-state index contributed by atoms with van der Waals surface area (Å²) in [7, 11) is 0. The van der Waals surface area contributed by atoms with Crippen LogP contribution in [0.5, 0.6) is 0 Å². The molecule has 162 valence electrons. The minimum atomic E-state index is -0.162. The Kier molecular flexibility index (Phi) is 5.55. The van der Waals surface area contributed by atoms with Crippen molar-refractivity contribution in [3.63, 3.8) is 0 Å². The van der Waals surface area contributed by atoms with E-state index in [2.05, 4.69) is 15.7 Å². The van der Waals surface area contributed by atoms with Crippen molar-refractivity contribution in [1.82, 2.24) is 9.78 Å². The number of fused-ring (bicyclic) bond motifs is 1. The molecule has 1 amide bonds. The highest BCUT2D eigenvalue weighted by molar-refractivity contribution is 6.33. The maximum absolute atomic E-state index is 12.8. The molecule has 1 heterocycles. The number of para-hydroxylation sites is 1. The third kappa shape index (κ3) is 4.45. The first-order valence-electron chi connectivity index (χ1n) is 10.5. The molecule has 33 heavy (non-hydrogen) atoms. The fourth-order valence-corrected chi connectivity index (χ4v) is 3.92. The molecule has 0 aliphatic heterocycles. The summed E-state index contributed by atoms with van der Waals surface area (Å²) in [4.78, 5) is 12.8. The largest absolute Gasteiger partial charge is 0.354 e. The molecular formula is C27H21ClN4O. The fourth-order valence-electron chi connectivity index (χ4n) is 3.74. The molecule has 2 N–H and O–H groups in total. The van der Waals surface area contributed by atoms with Gasteiger partial charge < -0.3 is 10.6 Å². The third-order valence-electron chi connectivity index (χ3n) is 5.35. The number of rotatable bonds is 5. The van der Waals surface area contributed by atoms with Gasteiger partial charge in [-0.25, -0.2) is 4.68 Å². The molecule has 6 heteroatoms. The predicted octanol–water partition coefficient (Wildman–Crippen LogP) is 6.98. The maximum atomic E-state index is 12.8. The number of anilines is 3. The molecule has 0 unspecified atom stereocenters. The van der Waals surface area contributed by atoms with E-state index < -0.39 is 0 Å². The van der Waals surface area contributed by atoms with Crippen LogP contribution in [0.2, 0.25) is 5.02 Å². The first-order chi connectivity index (χ1) is 16.1. The van der Waals surface area contributed by atoms with Gasteiger partial charge in [-0.2, -0.15) is 5.10 Å². The molecule has 5 aromatic rings. The molecule has 0 bridgehead atoms.